The van der Waals surface area contributed by atoms with Gasteiger partial charge in [-0.15, -0.1) is 6.58 Å². The third-order valence-corrected chi connectivity index (χ3v) is 5.83. The Bertz CT molecular complexity index is 1120. The van der Waals surface area contributed by atoms with Crippen molar-refractivity contribution in [3.63, 3.8) is 0 Å². The summed E-state index contributed by atoms with van der Waals surface area (Å²) in [5, 5.41) is 11.3. The summed E-state index contributed by atoms with van der Waals surface area (Å²) in [5.41, 5.74) is 1.62. The van der Waals surface area contributed by atoms with E-state index < -0.39 is 11.5 Å². The molecule has 1 N–H and O–H groups in total. The largest absolute Gasteiger partial charge is 0.375 e. The van der Waals surface area contributed by atoms with Gasteiger partial charge < -0.3 is 10.0 Å². The summed E-state index contributed by atoms with van der Waals surface area (Å²) in [7, 11) is 0. The molecular formula is C25H20BrNO3. The molecule has 0 aliphatic carbocycles. The maximum atomic E-state index is 13.1. The van der Waals surface area contributed by atoms with Crippen molar-refractivity contribution in [3.8, 4) is 11.1 Å². The van der Waals surface area contributed by atoms with Crippen molar-refractivity contribution in [2.45, 2.75) is 12.0 Å². The lowest BCUT2D eigenvalue weighted by Crippen LogP contribution is -2.41. The summed E-state index contributed by atoms with van der Waals surface area (Å²) in [6.45, 7) is 3.95. The molecular weight excluding hydrogens is 442 g/mol. The number of benzene rings is 3. The minimum Gasteiger partial charge on any atom is -0.375 e. The highest BCUT2D eigenvalue weighted by molar-refractivity contribution is 9.10. The second kappa shape index (κ2) is 8.01. The first-order valence-electron chi connectivity index (χ1n) is 9.58. The van der Waals surface area contributed by atoms with Gasteiger partial charge in [0.15, 0.2) is 11.4 Å². The molecule has 30 heavy (non-hydrogen) atoms. The highest BCUT2D eigenvalue weighted by Crippen LogP contribution is 2.44. The highest BCUT2D eigenvalue weighted by atomic mass is 79.9. The number of carbonyl (C=O) groups excluding carboxylic acids is 2. The molecule has 0 radical (unpaired) electrons. The molecule has 1 unspecified atom stereocenters. The van der Waals surface area contributed by atoms with Gasteiger partial charge in [0.2, 0.25) is 0 Å². The molecule has 1 aliphatic rings. The van der Waals surface area contributed by atoms with E-state index in [0.717, 1.165) is 15.6 Å². The summed E-state index contributed by atoms with van der Waals surface area (Å²) in [6.07, 6.45) is 1.27. The number of Topliss-reactive ketones (excluding diaryl/α,β-unsaturated/α-hetero) is 1. The molecule has 4 nitrogen and oxygen atoms in total. The van der Waals surface area contributed by atoms with Gasteiger partial charge in [-0.1, -0.05) is 76.6 Å². The smallest absolute Gasteiger partial charge is 0.264 e. The van der Waals surface area contributed by atoms with Crippen LogP contribution in [0, 0.1) is 0 Å². The summed E-state index contributed by atoms with van der Waals surface area (Å²) < 4.78 is 0.729. The molecule has 3 aromatic rings. The number of hydrogen-bond acceptors (Lipinski definition) is 3. The molecule has 0 fully saturated rings. The van der Waals surface area contributed by atoms with E-state index in [1.54, 1.807) is 36.4 Å². The predicted molar refractivity (Wildman–Crippen MR) is 121 cm³/mol. The number of anilines is 1. The van der Waals surface area contributed by atoms with Crippen molar-refractivity contribution >= 4 is 33.3 Å². The molecule has 150 valence electrons. The Morgan fingerprint density at radius 2 is 1.70 bits per heavy atom. The number of amides is 1. The molecule has 1 atom stereocenters. The van der Waals surface area contributed by atoms with Crippen LogP contribution in [0.4, 0.5) is 5.69 Å². The molecule has 0 aromatic heterocycles. The van der Waals surface area contributed by atoms with Crippen molar-refractivity contribution in [1.29, 1.82) is 0 Å². The molecule has 0 spiro atoms. The van der Waals surface area contributed by atoms with E-state index in [1.165, 1.54) is 4.90 Å². The maximum absolute atomic E-state index is 13.1. The first-order chi connectivity index (χ1) is 14.4. The molecule has 1 aliphatic heterocycles. The molecule has 0 saturated heterocycles. The molecule has 1 amide bonds. The second-order valence-corrected chi connectivity index (χ2v) is 8.19. The number of rotatable bonds is 6. The third-order valence-electron chi connectivity index (χ3n) is 5.34. The zero-order chi connectivity index (χ0) is 21.3. The van der Waals surface area contributed by atoms with Crippen molar-refractivity contribution in [3.05, 3.63) is 101 Å². The fourth-order valence-corrected chi connectivity index (χ4v) is 4.18. The normalized spacial score (nSPS) is 17.7. The van der Waals surface area contributed by atoms with E-state index in [9.17, 15) is 14.7 Å². The number of fused-ring (bicyclic) bond motifs is 1. The van der Waals surface area contributed by atoms with Crippen LogP contribution in [0.3, 0.4) is 0 Å². The van der Waals surface area contributed by atoms with Gasteiger partial charge >= 0.3 is 0 Å². The third kappa shape index (κ3) is 3.51. The van der Waals surface area contributed by atoms with Crippen LogP contribution in [0.5, 0.6) is 0 Å². The predicted octanol–water partition coefficient (Wildman–Crippen LogP) is 5.11. The van der Waals surface area contributed by atoms with E-state index in [4.69, 9.17) is 0 Å². The zero-order valence-electron chi connectivity index (χ0n) is 16.2. The maximum Gasteiger partial charge on any atom is 0.264 e. The summed E-state index contributed by atoms with van der Waals surface area (Å²) in [5.74, 6) is -0.804. The van der Waals surface area contributed by atoms with Crippen LogP contribution in [0.2, 0.25) is 0 Å². The average molecular weight is 462 g/mol. The summed E-state index contributed by atoms with van der Waals surface area (Å²) in [4.78, 5) is 27.5. The van der Waals surface area contributed by atoms with Crippen molar-refractivity contribution < 1.29 is 14.7 Å². The molecule has 0 bridgehead atoms. The standard InChI is InChI=1S/C25H20BrNO3/c1-2-14-27-22-13-12-20(26)15-21(22)25(30,24(27)29)16-23(28)19-10-8-18(9-11-19)17-6-4-3-5-7-17/h2-13,15,30H,1,14,16H2. The van der Waals surface area contributed by atoms with Crippen LogP contribution in [0.15, 0.2) is 89.9 Å². The van der Waals surface area contributed by atoms with Gasteiger partial charge in [0.05, 0.1) is 12.1 Å². The van der Waals surface area contributed by atoms with E-state index in [-0.39, 0.29) is 18.7 Å². The van der Waals surface area contributed by atoms with Crippen molar-refractivity contribution in [2.75, 3.05) is 11.4 Å². The Morgan fingerprint density at radius 3 is 2.37 bits per heavy atom. The van der Waals surface area contributed by atoms with Gasteiger partial charge in [-0.3, -0.25) is 9.59 Å². The first-order valence-corrected chi connectivity index (χ1v) is 10.4. The van der Waals surface area contributed by atoms with Crippen LogP contribution in [0.1, 0.15) is 22.3 Å². The van der Waals surface area contributed by atoms with E-state index >= 15 is 0 Å². The summed E-state index contributed by atoms with van der Waals surface area (Å²) >= 11 is 3.39. The number of aliphatic hydroxyl groups is 1. The van der Waals surface area contributed by atoms with Crippen LogP contribution in [-0.4, -0.2) is 23.3 Å². The lowest BCUT2D eigenvalue weighted by molar-refractivity contribution is -0.135. The number of ketones is 1. The molecule has 0 saturated carbocycles. The Labute approximate surface area is 183 Å². The molecule has 3 aromatic carbocycles. The van der Waals surface area contributed by atoms with E-state index in [2.05, 4.69) is 22.5 Å². The summed E-state index contributed by atoms with van der Waals surface area (Å²) in [6, 6.07) is 22.3. The average Bonchev–Trinajstić information content (AvgIpc) is 2.96. The highest BCUT2D eigenvalue weighted by Gasteiger charge is 2.50. The Balaban J connectivity index is 1.63. The second-order valence-electron chi connectivity index (χ2n) is 7.27. The lowest BCUT2D eigenvalue weighted by atomic mass is 9.88. The monoisotopic (exact) mass is 461 g/mol. The van der Waals surface area contributed by atoms with Gasteiger partial charge in [-0.2, -0.15) is 0 Å². The number of hydrogen-bond donors (Lipinski definition) is 1. The fraction of sp³-hybridized carbons (Fsp3) is 0.120. The van der Waals surface area contributed by atoms with Crippen LogP contribution >= 0.6 is 15.9 Å². The topological polar surface area (TPSA) is 57.6 Å². The van der Waals surface area contributed by atoms with Gasteiger partial charge in [0.25, 0.3) is 5.91 Å². The SMILES string of the molecule is C=CCN1C(=O)C(O)(CC(=O)c2ccc(-c3ccccc3)cc2)c2cc(Br)ccc21. The lowest BCUT2D eigenvalue weighted by Gasteiger charge is -2.22. The minimum atomic E-state index is -1.91. The quantitative estimate of drug-likeness (QED) is 0.409. The van der Waals surface area contributed by atoms with Gasteiger partial charge in [0.1, 0.15) is 0 Å². The van der Waals surface area contributed by atoms with Crippen LogP contribution in [0.25, 0.3) is 11.1 Å². The fourth-order valence-electron chi connectivity index (χ4n) is 3.82. The molecule has 4 rings (SSSR count). The number of carbonyl (C=O) groups is 2. The molecule has 5 heteroatoms. The molecule has 1 heterocycles. The zero-order valence-corrected chi connectivity index (χ0v) is 17.8. The Kier molecular flexibility index (Phi) is 5.41. The first kappa shape index (κ1) is 20.3. The number of halogens is 1. The number of nitrogens with zero attached hydrogens (tertiary/aromatic N) is 1. The van der Waals surface area contributed by atoms with Crippen molar-refractivity contribution in [1.82, 2.24) is 0 Å². The van der Waals surface area contributed by atoms with Crippen LogP contribution < -0.4 is 4.90 Å². The van der Waals surface area contributed by atoms with Crippen LogP contribution in [-0.2, 0) is 10.4 Å². The minimum absolute atomic E-state index is 0.260. The van der Waals surface area contributed by atoms with Gasteiger partial charge in [-0.05, 0) is 29.3 Å². The Morgan fingerprint density at radius 1 is 1.03 bits per heavy atom. The van der Waals surface area contributed by atoms with E-state index in [1.807, 2.05) is 42.5 Å². The Hall–Kier alpha value is -3.02. The van der Waals surface area contributed by atoms with Gasteiger partial charge in [0, 0.05) is 22.1 Å². The van der Waals surface area contributed by atoms with Gasteiger partial charge in [-0.25, -0.2) is 0 Å². The van der Waals surface area contributed by atoms with Crippen molar-refractivity contribution in [2.24, 2.45) is 0 Å². The van der Waals surface area contributed by atoms with E-state index in [0.29, 0.717) is 16.8 Å².